The van der Waals surface area contributed by atoms with Crippen LogP contribution in [0.1, 0.15) is 10.4 Å². The number of amides is 1. The fourth-order valence-electron chi connectivity index (χ4n) is 1.90. The maximum Gasteiger partial charge on any atom is 0.257 e. The smallest absolute Gasteiger partial charge is 0.257 e. The van der Waals surface area contributed by atoms with E-state index < -0.39 is 6.04 Å². The minimum Gasteiger partial charge on any atom is -0.358 e. The third kappa shape index (κ3) is 1.36. The predicted molar refractivity (Wildman–Crippen MR) is 58.1 cm³/mol. The molecule has 0 saturated carbocycles. The van der Waals surface area contributed by atoms with Gasteiger partial charge in [0, 0.05) is 4.90 Å². The van der Waals surface area contributed by atoms with Crippen LogP contribution in [0.3, 0.4) is 0 Å². The number of fused-ring (bicyclic) bond motifs is 2. The Bertz CT molecular complexity index is 474. The lowest BCUT2D eigenvalue weighted by atomic mass is 10.2. The molecule has 1 aromatic carbocycles. The molecule has 4 nitrogen and oxygen atoms in total. The molecule has 3 rings (SSSR count). The number of carbonyl (C=O) groups is 2. The van der Waals surface area contributed by atoms with Crippen molar-refractivity contribution in [3.8, 4) is 0 Å². The summed E-state index contributed by atoms with van der Waals surface area (Å²) >= 11 is 1.13. The lowest BCUT2D eigenvalue weighted by molar-refractivity contribution is -0.114. The zero-order valence-corrected chi connectivity index (χ0v) is 9.20. The number of thioether (sulfide) groups is 1. The Balaban J connectivity index is 2.11. The molecule has 1 atom stereocenters. The van der Waals surface area contributed by atoms with Gasteiger partial charge in [-0.3, -0.25) is 9.59 Å². The normalized spacial score (nSPS) is 24.0. The Morgan fingerprint density at radius 3 is 3.00 bits per heavy atom. The van der Waals surface area contributed by atoms with E-state index in [-0.39, 0.29) is 17.8 Å². The molecular weight excluding hydrogens is 226 g/mol. The quantitative estimate of drug-likeness (QED) is 0.676. The van der Waals surface area contributed by atoms with Crippen molar-refractivity contribution < 1.29 is 14.3 Å². The molecular formula is C11H9NO3S. The molecule has 2 heterocycles. The molecule has 0 N–H and O–H groups in total. The zero-order chi connectivity index (χ0) is 11.1. The van der Waals surface area contributed by atoms with Gasteiger partial charge in [-0.15, -0.1) is 0 Å². The van der Waals surface area contributed by atoms with Crippen molar-refractivity contribution in [1.29, 1.82) is 0 Å². The third-order valence-electron chi connectivity index (χ3n) is 2.74. The van der Waals surface area contributed by atoms with Gasteiger partial charge in [-0.2, -0.15) is 0 Å². The van der Waals surface area contributed by atoms with Gasteiger partial charge in [0.2, 0.25) is 5.12 Å². The van der Waals surface area contributed by atoms with Gasteiger partial charge in [-0.1, -0.05) is 12.1 Å². The summed E-state index contributed by atoms with van der Waals surface area (Å²) in [4.78, 5) is 26.3. The molecule has 16 heavy (non-hydrogen) atoms. The van der Waals surface area contributed by atoms with Gasteiger partial charge in [0.15, 0.2) is 0 Å². The second kappa shape index (κ2) is 3.61. The fourth-order valence-corrected chi connectivity index (χ4v) is 2.86. The molecule has 82 valence electrons. The molecule has 1 aromatic rings. The molecule has 0 bridgehead atoms. The summed E-state index contributed by atoms with van der Waals surface area (Å²) in [5.41, 5.74) is 0.592. The standard InChI is InChI=1S/C11H9NO3S/c13-10-7-3-1-2-4-9(7)16-11(14)8-5-15-6-12(8)10/h1-4,8H,5-6H2/t8-/m1/s1. The maximum atomic E-state index is 12.1. The van der Waals surface area contributed by atoms with Crippen molar-refractivity contribution >= 4 is 22.8 Å². The number of nitrogens with zero attached hydrogens (tertiary/aromatic N) is 1. The van der Waals surface area contributed by atoms with E-state index >= 15 is 0 Å². The largest absolute Gasteiger partial charge is 0.358 e. The predicted octanol–water partition coefficient (Wildman–Crippen LogP) is 1.12. The highest BCUT2D eigenvalue weighted by atomic mass is 32.2. The van der Waals surface area contributed by atoms with Crippen LogP contribution in [0.4, 0.5) is 0 Å². The Morgan fingerprint density at radius 2 is 2.12 bits per heavy atom. The number of carbonyl (C=O) groups excluding carboxylic acids is 2. The summed E-state index contributed by atoms with van der Waals surface area (Å²) in [6.45, 7) is 0.524. The van der Waals surface area contributed by atoms with Gasteiger partial charge in [0.25, 0.3) is 5.91 Å². The van der Waals surface area contributed by atoms with E-state index in [4.69, 9.17) is 4.74 Å². The molecule has 5 heteroatoms. The highest BCUT2D eigenvalue weighted by molar-refractivity contribution is 8.13. The molecule has 1 fully saturated rings. The topological polar surface area (TPSA) is 46.6 Å². The van der Waals surface area contributed by atoms with E-state index in [2.05, 4.69) is 0 Å². The lowest BCUT2D eigenvalue weighted by Crippen LogP contribution is -2.39. The molecule has 0 unspecified atom stereocenters. The van der Waals surface area contributed by atoms with Crippen LogP contribution in [0.15, 0.2) is 29.2 Å². The van der Waals surface area contributed by atoms with Crippen LogP contribution in [-0.4, -0.2) is 35.3 Å². The maximum absolute atomic E-state index is 12.1. The average molecular weight is 235 g/mol. The summed E-state index contributed by atoms with van der Waals surface area (Å²) < 4.78 is 5.17. The van der Waals surface area contributed by atoms with Gasteiger partial charge in [-0.25, -0.2) is 0 Å². The van der Waals surface area contributed by atoms with E-state index in [1.807, 2.05) is 6.07 Å². The molecule has 1 saturated heterocycles. The number of ether oxygens (including phenoxy) is 1. The van der Waals surface area contributed by atoms with Gasteiger partial charge < -0.3 is 9.64 Å². The van der Waals surface area contributed by atoms with Crippen LogP contribution in [0, 0.1) is 0 Å². The van der Waals surface area contributed by atoms with Crippen LogP contribution in [0.2, 0.25) is 0 Å². The molecule has 0 spiro atoms. The monoisotopic (exact) mass is 235 g/mol. The Hall–Kier alpha value is -1.33. The van der Waals surface area contributed by atoms with Crippen molar-refractivity contribution in [3.63, 3.8) is 0 Å². The molecule has 0 radical (unpaired) electrons. The molecule has 2 aliphatic heterocycles. The van der Waals surface area contributed by atoms with Gasteiger partial charge in [-0.05, 0) is 23.9 Å². The van der Waals surface area contributed by atoms with Crippen molar-refractivity contribution in [2.75, 3.05) is 13.3 Å². The fraction of sp³-hybridized carbons (Fsp3) is 0.273. The molecule has 1 amide bonds. The number of hydrogen-bond donors (Lipinski definition) is 0. The van der Waals surface area contributed by atoms with E-state index in [1.165, 1.54) is 4.90 Å². The minimum absolute atomic E-state index is 0.0178. The SMILES string of the molecule is O=C1Sc2ccccc2C(=O)N2COC[C@H]12. The van der Waals surface area contributed by atoms with Crippen LogP contribution >= 0.6 is 11.8 Å². The lowest BCUT2D eigenvalue weighted by Gasteiger charge is -2.17. The zero-order valence-electron chi connectivity index (χ0n) is 8.38. The first-order valence-corrected chi connectivity index (χ1v) is 5.78. The molecule has 2 aliphatic rings. The molecule has 0 aliphatic carbocycles. The summed E-state index contributed by atoms with van der Waals surface area (Å²) in [6.07, 6.45) is 0. The highest BCUT2D eigenvalue weighted by Crippen LogP contribution is 2.32. The number of hydrogen-bond acceptors (Lipinski definition) is 4. The van der Waals surface area contributed by atoms with E-state index in [0.29, 0.717) is 12.2 Å². The Kier molecular flexibility index (Phi) is 2.22. The van der Waals surface area contributed by atoms with Crippen LogP contribution < -0.4 is 0 Å². The Labute approximate surface area is 96.6 Å². The summed E-state index contributed by atoms with van der Waals surface area (Å²) in [5, 5.41) is -0.0178. The van der Waals surface area contributed by atoms with E-state index in [1.54, 1.807) is 18.2 Å². The summed E-state index contributed by atoms with van der Waals surface area (Å²) in [6, 6.07) is 6.76. The first-order chi connectivity index (χ1) is 7.77. The van der Waals surface area contributed by atoms with Crippen molar-refractivity contribution in [1.82, 2.24) is 4.90 Å². The van der Waals surface area contributed by atoms with Crippen molar-refractivity contribution in [2.24, 2.45) is 0 Å². The second-order valence-electron chi connectivity index (χ2n) is 3.71. The number of rotatable bonds is 0. The highest BCUT2D eigenvalue weighted by Gasteiger charge is 2.39. The van der Waals surface area contributed by atoms with E-state index in [0.717, 1.165) is 16.7 Å². The van der Waals surface area contributed by atoms with Gasteiger partial charge in [0.1, 0.15) is 12.8 Å². The van der Waals surface area contributed by atoms with E-state index in [9.17, 15) is 9.59 Å². The second-order valence-corrected chi connectivity index (χ2v) is 4.75. The Morgan fingerprint density at radius 1 is 1.31 bits per heavy atom. The minimum atomic E-state index is -0.426. The van der Waals surface area contributed by atoms with Crippen molar-refractivity contribution in [3.05, 3.63) is 29.8 Å². The first-order valence-electron chi connectivity index (χ1n) is 4.97. The summed E-state index contributed by atoms with van der Waals surface area (Å²) in [7, 11) is 0. The average Bonchev–Trinajstić information content (AvgIpc) is 2.74. The van der Waals surface area contributed by atoms with Crippen LogP contribution in [0.5, 0.6) is 0 Å². The van der Waals surface area contributed by atoms with Crippen molar-refractivity contribution in [2.45, 2.75) is 10.9 Å². The van der Waals surface area contributed by atoms with Crippen LogP contribution in [0.25, 0.3) is 0 Å². The number of benzene rings is 1. The summed E-state index contributed by atoms with van der Waals surface area (Å²) in [5.74, 6) is -0.114. The third-order valence-corrected chi connectivity index (χ3v) is 3.79. The van der Waals surface area contributed by atoms with Crippen LogP contribution in [-0.2, 0) is 9.53 Å². The van der Waals surface area contributed by atoms with Gasteiger partial charge in [0.05, 0.1) is 12.2 Å². The first kappa shape index (κ1) is 9.86. The van der Waals surface area contributed by atoms with Gasteiger partial charge >= 0.3 is 0 Å². The molecule has 0 aromatic heterocycles.